The lowest BCUT2D eigenvalue weighted by atomic mass is 9.89. The second-order valence-electron chi connectivity index (χ2n) is 5.99. The summed E-state index contributed by atoms with van der Waals surface area (Å²) in [6.45, 7) is 3.98. The van der Waals surface area contributed by atoms with Crippen LogP contribution in [0.5, 0.6) is 0 Å². The number of hydrogen-bond donors (Lipinski definition) is 3. The number of alkyl halides is 3. The Labute approximate surface area is 131 Å². The summed E-state index contributed by atoms with van der Waals surface area (Å²) < 4.78 is 51.3. The minimum atomic E-state index is -4.77. The van der Waals surface area contributed by atoms with E-state index in [-0.39, 0.29) is 18.6 Å². The molecule has 1 aromatic rings. The molecule has 1 rings (SSSR count). The number of amides is 2. The highest BCUT2D eigenvalue weighted by atomic mass is 19.4. The monoisotopic (exact) mass is 336 g/mol. The van der Waals surface area contributed by atoms with Crippen LogP contribution in [-0.2, 0) is 6.18 Å². The van der Waals surface area contributed by atoms with Crippen LogP contribution in [0.15, 0.2) is 18.2 Å². The van der Waals surface area contributed by atoms with Crippen molar-refractivity contribution in [3.8, 4) is 0 Å². The van der Waals surface area contributed by atoms with E-state index >= 15 is 0 Å². The average molecular weight is 336 g/mol. The molecular formula is C15H20F4N2O2. The molecule has 23 heavy (non-hydrogen) atoms. The lowest BCUT2D eigenvalue weighted by Gasteiger charge is -2.21. The molecule has 3 N–H and O–H groups in total. The van der Waals surface area contributed by atoms with Gasteiger partial charge >= 0.3 is 12.2 Å². The predicted octanol–water partition coefficient (Wildman–Crippen LogP) is 3.76. The zero-order valence-corrected chi connectivity index (χ0v) is 12.9. The van der Waals surface area contributed by atoms with E-state index in [1.807, 2.05) is 13.8 Å². The first-order valence-corrected chi connectivity index (χ1v) is 7.07. The van der Waals surface area contributed by atoms with Crippen LogP contribution in [0.2, 0.25) is 0 Å². The van der Waals surface area contributed by atoms with Crippen LogP contribution in [-0.4, -0.2) is 24.3 Å². The largest absolute Gasteiger partial charge is 0.418 e. The van der Waals surface area contributed by atoms with Gasteiger partial charge in [-0.25, -0.2) is 9.18 Å². The molecule has 0 spiro atoms. The van der Waals surface area contributed by atoms with Gasteiger partial charge in [0.25, 0.3) is 0 Å². The highest BCUT2D eigenvalue weighted by Gasteiger charge is 2.34. The Balaban J connectivity index is 2.58. The topological polar surface area (TPSA) is 61.4 Å². The van der Waals surface area contributed by atoms with Crippen molar-refractivity contribution in [1.29, 1.82) is 0 Å². The van der Waals surface area contributed by atoms with E-state index in [0.717, 1.165) is 12.1 Å². The van der Waals surface area contributed by atoms with Crippen molar-refractivity contribution in [3.63, 3.8) is 0 Å². The fourth-order valence-corrected chi connectivity index (χ4v) is 1.87. The van der Waals surface area contributed by atoms with Gasteiger partial charge in [0.05, 0.1) is 11.3 Å². The third-order valence-corrected chi connectivity index (χ3v) is 3.28. The molecule has 0 saturated carbocycles. The van der Waals surface area contributed by atoms with E-state index < -0.39 is 29.3 Å². The molecule has 0 aliphatic rings. The van der Waals surface area contributed by atoms with E-state index in [1.165, 1.54) is 0 Å². The maximum atomic E-state index is 13.0. The molecule has 130 valence electrons. The highest BCUT2D eigenvalue weighted by Crippen LogP contribution is 2.35. The Kier molecular flexibility index (Phi) is 6.37. The number of carbonyl (C=O) groups excluding carboxylic acids is 1. The van der Waals surface area contributed by atoms with Gasteiger partial charge < -0.3 is 15.7 Å². The molecular weight excluding hydrogens is 316 g/mol. The Morgan fingerprint density at radius 1 is 1.26 bits per heavy atom. The smallest absolute Gasteiger partial charge is 0.396 e. The molecule has 1 aromatic carbocycles. The van der Waals surface area contributed by atoms with Crippen LogP contribution in [0, 0.1) is 11.2 Å². The Bertz CT molecular complexity index is 545. The van der Waals surface area contributed by atoms with Gasteiger partial charge in [0, 0.05) is 13.2 Å². The van der Waals surface area contributed by atoms with Gasteiger partial charge in [-0.3, -0.25) is 0 Å². The lowest BCUT2D eigenvalue weighted by molar-refractivity contribution is -0.137. The van der Waals surface area contributed by atoms with Crippen molar-refractivity contribution in [1.82, 2.24) is 5.32 Å². The first-order valence-electron chi connectivity index (χ1n) is 7.07. The minimum Gasteiger partial charge on any atom is -0.396 e. The number of aliphatic hydroxyl groups excluding tert-OH is 1. The molecule has 0 bridgehead atoms. The van der Waals surface area contributed by atoms with Gasteiger partial charge in [-0.15, -0.1) is 0 Å². The number of nitrogens with one attached hydrogen (secondary N) is 2. The second-order valence-corrected chi connectivity index (χ2v) is 5.99. The number of benzene rings is 1. The molecule has 0 aliphatic heterocycles. The van der Waals surface area contributed by atoms with Crippen molar-refractivity contribution in [2.75, 3.05) is 18.5 Å². The first-order chi connectivity index (χ1) is 10.5. The SMILES string of the molecule is CC(C)(CO)CCCNC(=O)Nc1ccc(F)cc1C(F)(F)F. The zero-order valence-electron chi connectivity index (χ0n) is 12.9. The van der Waals surface area contributed by atoms with Crippen molar-refractivity contribution < 1.29 is 27.5 Å². The van der Waals surface area contributed by atoms with Crippen molar-refractivity contribution in [3.05, 3.63) is 29.6 Å². The van der Waals surface area contributed by atoms with Crippen LogP contribution in [0.1, 0.15) is 32.3 Å². The molecule has 0 heterocycles. The van der Waals surface area contributed by atoms with Crippen LogP contribution in [0.4, 0.5) is 28.0 Å². The van der Waals surface area contributed by atoms with Gasteiger partial charge in [0.15, 0.2) is 0 Å². The summed E-state index contributed by atoms with van der Waals surface area (Å²) in [6, 6.07) is 1.24. The molecule has 0 unspecified atom stereocenters. The van der Waals surface area contributed by atoms with Gasteiger partial charge in [-0.05, 0) is 36.5 Å². The standard InChI is InChI=1S/C15H20F4N2O2/c1-14(2,9-22)6-3-7-20-13(23)21-12-5-4-10(16)8-11(12)15(17,18)19/h4-5,8,22H,3,6-7,9H2,1-2H3,(H2,20,21,23). The van der Waals surface area contributed by atoms with Crippen LogP contribution < -0.4 is 10.6 Å². The molecule has 4 nitrogen and oxygen atoms in total. The molecule has 0 aliphatic carbocycles. The average Bonchev–Trinajstić information content (AvgIpc) is 2.44. The number of carbonyl (C=O) groups is 1. The molecule has 0 saturated heterocycles. The van der Waals surface area contributed by atoms with Crippen molar-refractivity contribution >= 4 is 11.7 Å². The van der Waals surface area contributed by atoms with E-state index in [2.05, 4.69) is 10.6 Å². The number of aliphatic hydroxyl groups is 1. The summed E-state index contributed by atoms with van der Waals surface area (Å²) in [4.78, 5) is 11.6. The molecule has 0 atom stereocenters. The van der Waals surface area contributed by atoms with Gasteiger partial charge in [-0.1, -0.05) is 13.8 Å². The number of anilines is 1. The van der Waals surface area contributed by atoms with Crippen LogP contribution in [0.3, 0.4) is 0 Å². The third kappa shape index (κ3) is 6.43. The maximum Gasteiger partial charge on any atom is 0.418 e. The summed E-state index contributed by atoms with van der Waals surface area (Å²) in [5.41, 5.74) is -2.03. The number of rotatable bonds is 6. The van der Waals surface area contributed by atoms with E-state index in [1.54, 1.807) is 0 Å². The predicted molar refractivity (Wildman–Crippen MR) is 78.5 cm³/mol. The summed E-state index contributed by atoms with van der Waals surface area (Å²) in [6.07, 6.45) is -3.56. The van der Waals surface area contributed by atoms with Crippen molar-refractivity contribution in [2.24, 2.45) is 5.41 Å². The summed E-state index contributed by atoms with van der Waals surface area (Å²) in [5, 5.41) is 13.6. The minimum absolute atomic E-state index is 0.00369. The summed E-state index contributed by atoms with van der Waals surface area (Å²) in [7, 11) is 0. The summed E-state index contributed by atoms with van der Waals surface area (Å²) in [5.74, 6) is -1.03. The first kappa shape index (κ1) is 19.2. The number of urea groups is 1. The Morgan fingerprint density at radius 2 is 1.91 bits per heavy atom. The summed E-state index contributed by atoms with van der Waals surface area (Å²) >= 11 is 0. The highest BCUT2D eigenvalue weighted by molar-refractivity contribution is 5.90. The molecule has 0 fully saturated rings. The quantitative estimate of drug-likeness (QED) is 0.547. The van der Waals surface area contributed by atoms with E-state index in [9.17, 15) is 22.4 Å². The van der Waals surface area contributed by atoms with Gasteiger partial charge in [0.2, 0.25) is 0 Å². The molecule has 0 aromatic heterocycles. The van der Waals surface area contributed by atoms with Crippen LogP contribution >= 0.6 is 0 Å². The normalized spacial score (nSPS) is 12.1. The van der Waals surface area contributed by atoms with Crippen molar-refractivity contribution in [2.45, 2.75) is 32.9 Å². The fraction of sp³-hybridized carbons (Fsp3) is 0.533. The molecule has 2 amide bonds. The number of hydrogen-bond acceptors (Lipinski definition) is 2. The maximum absolute atomic E-state index is 13.0. The molecule has 8 heteroatoms. The lowest BCUT2D eigenvalue weighted by Crippen LogP contribution is -2.31. The second kappa shape index (κ2) is 7.63. The van der Waals surface area contributed by atoms with Gasteiger partial charge in [0.1, 0.15) is 5.82 Å². The fourth-order valence-electron chi connectivity index (χ4n) is 1.87. The third-order valence-electron chi connectivity index (χ3n) is 3.28. The Hall–Kier alpha value is -1.83. The molecule has 0 radical (unpaired) electrons. The number of halogens is 4. The van der Waals surface area contributed by atoms with E-state index in [4.69, 9.17) is 5.11 Å². The van der Waals surface area contributed by atoms with E-state index in [0.29, 0.717) is 18.9 Å². The van der Waals surface area contributed by atoms with Crippen LogP contribution in [0.25, 0.3) is 0 Å². The Morgan fingerprint density at radius 3 is 2.48 bits per heavy atom. The zero-order chi connectivity index (χ0) is 17.7. The van der Waals surface area contributed by atoms with Gasteiger partial charge in [-0.2, -0.15) is 13.2 Å².